The first kappa shape index (κ1) is 11.2. The Balaban J connectivity index is 1.60. The van der Waals surface area contributed by atoms with Crippen LogP contribution in [0.1, 0.15) is 50.5 Å². The van der Waals surface area contributed by atoms with E-state index in [1.54, 1.807) is 0 Å². The van der Waals surface area contributed by atoms with Crippen LogP contribution in [0.25, 0.3) is 0 Å². The Hall–Kier alpha value is -0.860. The van der Waals surface area contributed by atoms with E-state index in [2.05, 4.69) is 40.8 Å². The first-order valence-electron chi connectivity index (χ1n) is 6.98. The fourth-order valence-electron chi connectivity index (χ4n) is 3.06. The molecule has 1 heterocycles. The Bertz CT molecular complexity index is 352. The number of nitrogens with zero attached hydrogens (tertiary/aromatic N) is 1. The second-order valence-corrected chi connectivity index (χ2v) is 5.48. The van der Waals surface area contributed by atoms with Gasteiger partial charge in [0.15, 0.2) is 0 Å². The summed E-state index contributed by atoms with van der Waals surface area (Å²) in [6, 6.07) is 10.8. The fraction of sp³-hybridized carbons (Fsp3) is 0.600. The van der Waals surface area contributed by atoms with Crippen molar-refractivity contribution in [3.05, 3.63) is 35.9 Å². The summed E-state index contributed by atoms with van der Waals surface area (Å²) in [6.07, 6.45) is 9.72. The molecule has 1 saturated heterocycles. The quantitative estimate of drug-likeness (QED) is 0.787. The zero-order valence-corrected chi connectivity index (χ0v) is 10.5. The van der Waals surface area contributed by atoms with Crippen LogP contribution < -0.4 is 5.43 Å². The van der Waals surface area contributed by atoms with Gasteiger partial charge >= 0.3 is 0 Å². The molecule has 92 valence electrons. The average molecular weight is 230 g/mol. The number of hydrazine groups is 1. The van der Waals surface area contributed by atoms with Gasteiger partial charge in [0, 0.05) is 6.54 Å². The van der Waals surface area contributed by atoms with E-state index in [4.69, 9.17) is 0 Å². The van der Waals surface area contributed by atoms with Crippen LogP contribution in [0.15, 0.2) is 30.3 Å². The minimum Gasteiger partial charge on any atom is -0.232 e. The molecular weight excluding hydrogens is 208 g/mol. The van der Waals surface area contributed by atoms with Crippen LogP contribution in [0, 0.1) is 0 Å². The molecule has 17 heavy (non-hydrogen) atoms. The van der Waals surface area contributed by atoms with E-state index >= 15 is 0 Å². The summed E-state index contributed by atoms with van der Waals surface area (Å²) in [5.41, 5.74) is 5.41. The first-order chi connectivity index (χ1) is 8.39. The molecule has 0 bridgehead atoms. The molecule has 1 aliphatic heterocycles. The Morgan fingerprint density at radius 3 is 2.29 bits per heavy atom. The minimum absolute atomic E-state index is 0.357. The second kappa shape index (κ2) is 4.79. The fourth-order valence-corrected chi connectivity index (χ4v) is 3.06. The van der Waals surface area contributed by atoms with Gasteiger partial charge in [0.25, 0.3) is 0 Å². The van der Waals surface area contributed by atoms with Crippen molar-refractivity contribution < 1.29 is 0 Å². The van der Waals surface area contributed by atoms with E-state index in [-0.39, 0.29) is 0 Å². The third-order valence-corrected chi connectivity index (χ3v) is 4.17. The molecule has 1 aromatic rings. The molecule has 1 saturated carbocycles. The van der Waals surface area contributed by atoms with Crippen molar-refractivity contribution in [2.24, 2.45) is 0 Å². The highest BCUT2D eigenvalue weighted by atomic mass is 15.8. The summed E-state index contributed by atoms with van der Waals surface area (Å²) < 4.78 is 0. The monoisotopic (exact) mass is 230 g/mol. The van der Waals surface area contributed by atoms with E-state index in [0.29, 0.717) is 5.66 Å². The molecule has 1 aromatic carbocycles. The average Bonchev–Trinajstić information content (AvgIpc) is 3.00. The lowest BCUT2D eigenvalue weighted by Gasteiger charge is -2.18. The predicted octanol–water partition coefficient (Wildman–Crippen LogP) is 3.45. The van der Waals surface area contributed by atoms with Crippen LogP contribution in [0.3, 0.4) is 0 Å². The number of hydrogen-bond acceptors (Lipinski definition) is 2. The molecule has 0 amide bonds. The molecule has 1 atom stereocenters. The second-order valence-electron chi connectivity index (χ2n) is 5.48. The minimum atomic E-state index is 0.357. The molecule has 2 fully saturated rings. The van der Waals surface area contributed by atoms with Crippen LogP contribution in [-0.4, -0.2) is 10.7 Å². The maximum absolute atomic E-state index is 3.63. The number of benzene rings is 1. The van der Waals surface area contributed by atoms with E-state index < -0.39 is 0 Å². The maximum atomic E-state index is 3.63. The molecule has 1 spiro atoms. The summed E-state index contributed by atoms with van der Waals surface area (Å²) in [4.78, 5) is 0. The molecule has 2 nitrogen and oxygen atoms in total. The van der Waals surface area contributed by atoms with Gasteiger partial charge in [0.05, 0.1) is 5.66 Å². The highest BCUT2D eigenvalue weighted by Crippen LogP contribution is 2.38. The zero-order chi connectivity index (χ0) is 11.6. The van der Waals surface area contributed by atoms with Crippen LogP contribution in [0.5, 0.6) is 0 Å². The summed E-state index contributed by atoms with van der Waals surface area (Å²) in [6.45, 7) is 1.06. The lowest BCUT2D eigenvalue weighted by atomic mass is 9.94. The van der Waals surface area contributed by atoms with Crippen molar-refractivity contribution in [2.45, 2.75) is 57.2 Å². The third-order valence-electron chi connectivity index (χ3n) is 4.17. The van der Waals surface area contributed by atoms with Crippen molar-refractivity contribution in [1.82, 2.24) is 10.4 Å². The molecule has 0 aromatic heterocycles. The van der Waals surface area contributed by atoms with Gasteiger partial charge in [-0.15, -0.1) is 0 Å². The SMILES string of the molecule is c1ccc(CN2NC23CCCCCCC3)cc1. The molecule has 1 N–H and O–H groups in total. The summed E-state index contributed by atoms with van der Waals surface area (Å²) >= 11 is 0. The van der Waals surface area contributed by atoms with Crippen molar-refractivity contribution >= 4 is 0 Å². The van der Waals surface area contributed by atoms with Gasteiger partial charge in [-0.2, -0.15) is 0 Å². The summed E-state index contributed by atoms with van der Waals surface area (Å²) in [5.74, 6) is 0. The lowest BCUT2D eigenvalue weighted by Crippen LogP contribution is -2.20. The van der Waals surface area contributed by atoms with Crippen LogP contribution in [0.2, 0.25) is 0 Å². The van der Waals surface area contributed by atoms with Gasteiger partial charge in [-0.25, -0.2) is 10.4 Å². The van der Waals surface area contributed by atoms with Gasteiger partial charge in [0.1, 0.15) is 0 Å². The number of nitrogens with one attached hydrogen (secondary N) is 1. The Kier molecular flexibility index (Phi) is 3.17. The number of rotatable bonds is 2. The lowest BCUT2D eigenvalue weighted by molar-refractivity contribution is 0.322. The van der Waals surface area contributed by atoms with E-state index in [1.165, 1.54) is 50.5 Å². The Morgan fingerprint density at radius 2 is 1.59 bits per heavy atom. The van der Waals surface area contributed by atoms with Crippen molar-refractivity contribution in [2.75, 3.05) is 0 Å². The molecule has 2 aliphatic rings. The van der Waals surface area contributed by atoms with Crippen LogP contribution >= 0.6 is 0 Å². The van der Waals surface area contributed by atoms with Gasteiger partial charge in [-0.1, -0.05) is 62.4 Å². The third kappa shape index (κ3) is 2.53. The largest absolute Gasteiger partial charge is 0.232 e. The Labute approximate surface area is 104 Å². The number of hydrogen-bond donors (Lipinski definition) is 1. The highest BCUT2D eigenvalue weighted by molar-refractivity contribution is 5.16. The van der Waals surface area contributed by atoms with Gasteiger partial charge in [-0.05, 0) is 18.4 Å². The van der Waals surface area contributed by atoms with E-state index in [1.807, 2.05) is 0 Å². The van der Waals surface area contributed by atoms with Crippen LogP contribution in [0.4, 0.5) is 0 Å². The normalized spacial score (nSPS) is 27.4. The zero-order valence-electron chi connectivity index (χ0n) is 10.5. The van der Waals surface area contributed by atoms with Crippen molar-refractivity contribution in [3.8, 4) is 0 Å². The van der Waals surface area contributed by atoms with E-state index in [0.717, 1.165) is 6.54 Å². The molecule has 1 unspecified atom stereocenters. The molecule has 0 radical (unpaired) electrons. The van der Waals surface area contributed by atoms with Gasteiger partial charge < -0.3 is 0 Å². The van der Waals surface area contributed by atoms with Crippen LogP contribution in [-0.2, 0) is 6.54 Å². The van der Waals surface area contributed by atoms with Crippen molar-refractivity contribution in [3.63, 3.8) is 0 Å². The molecule has 2 heteroatoms. The standard InChI is InChI=1S/C15H22N2/c1-2-7-11-15(12-8-3-1)16-17(15)13-14-9-5-4-6-10-14/h4-6,9-10,16H,1-3,7-8,11-13H2. The smallest absolute Gasteiger partial charge is 0.0978 e. The molecular formula is C15H22N2. The van der Waals surface area contributed by atoms with Gasteiger partial charge in [0.2, 0.25) is 0 Å². The molecule has 1 aliphatic carbocycles. The van der Waals surface area contributed by atoms with Gasteiger partial charge in [-0.3, -0.25) is 0 Å². The topological polar surface area (TPSA) is 25.0 Å². The van der Waals surface area contributed by atoms with Crippen molar-refractivity contribution in [1.29, 1.82) is 0 Å². The first-order valence-corrected chi connectivity index (χ1v) is 6.98. The predicted molar refractivity (Wildman–Crippen MR) is 70.2 cm³/mol. The molecule has 3 rings (SSSR count). The summed E-state index contributed by atoms with van der Waals surface area (Å²) in [7, 11) is 0. The highest BCUT2D eigenvalue weighted by Gasteiger charge is 2.50. The van der Waals surface area contributed by atoms with E-state index in [9.17, 15) is 0 Å². The summed E-state index contributed by atoms with van der Waals surface area (Å²) in [5, 5.41) is 2.45. The Morgan fingerprint density at radius 1 is 0.941 bits per heavy atom. The maximum Gasteiger partial charge on any atom is 0.0978 e.